The molecule has 0 aliphatic heterocycles. The Hall–Kier alpha value is -0.580. The summed E-state index contributed by atoms with van der Waals surface area (Å²) in [6, 6.07) is 5.94. The molecule has 0 aliphatic carbocycles. The lowest BCUT2D eigenvalue weighted by molar-refractivity contribution is 0.0552. The van der Waals surface area contributed by atoms with E-state index in [0.717, 1.165) is 22.3 Å². The van der Waals surface area contributed by atoms with Crippen molar-refractivity contribution in [3.8, 4) is 5.75 Å². The van der Waals surface area contributed by atoms with Crippen LogP contribution in [0.4, 0.5) is 0 Å². The zero-order valence-electron chi connectivity index (χ0n) is 10.6. The molecule has 96 valence electrons. The van der Waals surface area contributed by atoms with Gasteiger partial charge in [0.25, 0.3) is 0 Å². The van der Waals surface area contributed by atoms with E-state index in [2.05, 4.69) is 21.2 Å². The molecule has 0 saturated heterocycles. The fourth-order valence-corrected chi connectivity index (χ4v) is 1.84. The van der Waals surface area contributed by atoms with Crippen LogP contribution in [0, 0.1) is 0 Å². The second-order valence-corrected chi connectivity index (χ2v) is 5.61. The SMILES string of the molecule is CNCc1cc(Br)ccc1OCCC(C)(C)O. The highest BCUT2D eigenvalue weighted by molar-refractivity contribution is 9.10. The van der Waals surface area contributed by atoms with Gasteiger partial charge in [-0.1, -0.05) is 15.9 Å². The zero-order chi connectivity index (χ0) is 12.9. The van der Waals surface area contributed by atoms with Gasteiger partial charge in [0.2, 0.25) is 0 Å². The Morgan fingerprint density at radius 3 is 2.71 bits per heavy atom. The van der Waals surface area contributed by atoms with Crippen molar-refractivity contribution in [3.05, 3.63) is 28.2 Å². The van der Waals surface area contributed by atoms with Crippen LogP contribution in [0.3, 0.4) is 0 Å². The predicted molar refractivity (Wildman–Crippen MR) is 73.3 cm³/mol. The van der Waals surface area contributed by atoms with Gasteiger partial charge in [0.15, 0.2) is 0 Å². The lowest BCUT2D eigenvalue weighted by atomic mass is 10.1. The van der Waals surface area contributed by atoms with Crippen molar-refractivity contribution < 1.29 is 9.84 Å². The summed E-state index contributed by atoms with van der Waals surface area (Å²) in [5.74, 6) is 0.867. The molecule has 2 N–H and O–H groups in total. The van der Waals surface area contributed by atoms with Crippen molar-refractivity contribution in [2.75, 3.05) is 13.7 Å². The van der Waals surface area contributed by atoms with E-state index >= 15 is 0 Å². The van der Waals surface area contributed by atoms with E-state index in [1.54, 1.807) is 13.8 Å². The van der Waals surface area contributed by atoms with E-state index in [0.29, 0.717) is 13.0 Å². The number of rotatable bonds is 6. The summed E-state index contributed by atoms with van der Waals surface area (Å²) in [5.41, 5.74) is 0.427. The predicted octanol–water partition coefficient (Wildman–Crippen LogP) is 2.71. The van der Waals surface area contributed by atoms with E-state index in [9.17, 15) is 5.11 Å². The van der Waals surface area contributed by atoms with Crippen LogP contribution in [0.25, 0.3) is 0 Å². The molecule has 3 nitrogen and oxygen atoms in total. The van der Waals surface area contributed by atoms with Crippen LogP contribution in [-0.2, 0) is 6.54 Å². The van der Waals surface area contributed by atoms with Gasteiger partial charge in [-0.25, -0.2) is 0 Å². The quantitative estimate of drug-likeness (QED) is 0.849. The maximum absolute atomic E-state index is 9.61. The van der Waals surface area contributed by atoms with E-state index in [-0.39, 0.29) is 0 Å². The van der Waals surface area contributed by atoms with Crippen molar-refractivity contribution in [2.45, 2.75) is 32.4 Å². The van der Waals surface area contributed by atoms with Gasteiger partial charge in [-0.15, -0.1) is 0 Å². The number of benzene rings is 1. The lowest BCUT2D eigenvalue weighted by Crippen LogP contribution is -2.22. The van der Waals surface area contributed by atoms with Gasteiger partial charge in [0.05, 0.1) is 12.2 Å². The van der Waals surface area contributed by atoms with Crippen LogP contribution >= 0.6 is 15.9 Å². The second-order valence-electron chi connectivity index (χ2n) is 4.69. The minimum Gasteiger partial charge on any atom is -0.493 e. The van der Waals surface area contributed by atoms with Gasteiger partial charge in [-0.3, -0.25) is 0 Å². The van der Waals surface area contributed by atoms with Gasteiger partial charge >= 0.3 is 0 Å². The number of hydrogen-bond acceptors (Lipinski definition) is 3. The van der Waals surface area contributed by atoms with Crippen molar-refractivity contribution in [1.29, 1.82) is 0 Å². The smallest absolute Gasteiger partial charge is 0.123 e. The first-order valence-electron chi connectivity index (χ1n) is 5.70. The highest BCUT2D eigenvalue weighted by Crippen LogP contribution is 2.23. The Kier molecular flexibility index (Phi) is 5.43. The third-order valence-corrected chi connectivity index (χ3v) is 2.85. The molecule has 1 aromatic rings. The number of aliphatic hydroxyl groups is 1. The molecule has 0 bridgehead atoms. The first kappa shape index (κ1) is 14.5. The van der Waals surface area contributed by atoms with Crippen LogP contribution in [0.15, 0.2) is 22.7 Å². The molecule has 17 heavy (non-hydrogen) atoms. The molecule has 0 spiro atoms. The lowest BCUT2D eigenvalue weighted by Gasteiger charge is -2.18. The van der Waals surface area contributed by atoms with Crippen LogP contribution in [-0.4, -0.2) is 24.4 Å². The minimum atomic E-state index is -0.682. The maximum Gasteiger partial charge on any atom is 0.123 e. The van der Waals surface area contributed by atoms with Crippen LogP contribution in [0.2, 0.25) is 0 Å². The monoisotopic (exact) mass is 301 g/mol. The number of nitrogens with one attached hydrogen (secondary N) is 1. The number of ether oxygens (including phenoxy) is 1. The summed E-state index contributed by atoms with van der Waals surface area (Å²) in [7, 11) is 1.90. The standard InChI is InChI=1S/C13H20BrNO2/c1-13(2,16)6-7-17-12-5-4-11(14)8-10(12)9-15-3/h4-5,8,15-16H,6-7,9H2,1-3H3. The maximum atomic E-state index is 9.61. The summed E-state index contributed by atoms with van der Waals surface area (Å²) in [6.45, 7) is 4.85. The van der Waals surface area contributed by atoms with Gasteiger partial charge < -0.3 is 15.2 Å². The summed E-state index contributed by atoms with van der Waals surface area (Å²) in [5, 5.41) is 12.7. The molecule has 0 saturated carbocycles. The number of hydrogen-bond donors (Lipinski definition) is 2. The van der Waals surface area contributed by atoms with Gasteiger partial charge in [-0.05, 0) is 39.1 Å². The molecule has 0 heterocycles. The van der Waals surface area contributed by atoms with E-state index in [4.69, 9.17) is 4.74 Å². The van der Waals surface area contributed by atoms with Crippen LogP contribution < -0.4 is 10.1 Å². The van der Waals surface area contributed by atoms with E-state index in [1.807, 2.05) is 25.2 Å². The zero-order valence-corrected chi connectivity index (χ0v) is 12.2. The Bertz CT molecular complexity index is 361. The van der Waals surface area contributed by atoms with Gasteiger partial charge in [-0.2, -0.15) is 0 Å². The van der Waals surface area contributed by atoms with Crippen molar-refractivity contribution in [1.82, 2.24) is 5.32 Å². The Labute approximate surface area is 111 Å². The van der Waals surface area contributed by atoms with Gasteiger partial charge in [0.1, 0.15) is 5.75 Å². The molecule has 0 atom stereocenters. The van der Waals surface area contributed by atoms with Crippen molar-refractivity contribution in [3.63, 3.8) is 0 Å². The molecule has 1 rings (SSSR count). The van der Waals surface area contributed by atoms with Crippen LogP contribution in [0.1, 0.15) is 25.8 Å². The Morgan fingerprint density at radius 2 is 2.12 bits per heavy atom. The molecular weight excluding hydrogens is 282 g/mol. The molecule has 4 heteroatoms. The largest absolute Gasteiger partial charge is 0.493 e. The first-order valence-corrected chi connectivity index (χ1v) is 6.50. The molecule has 0 unspecified atom stereocenters. The summed E-state index contributed by atoms with van der Waals surface area (Å²) < 4.78 is 6.74. The fraction of sp³-hybridized carbons (Fsp3) is 0.538. The van der Waals surface area contributed by atoms with Gasteiger partial charge in [0, 0.05) is 23.0 Å². The average Bonchev–Trinajstić information content (AvgIpc) is 2.20. The average molecular weight is 302 g/mol. The molecule has 0 amide bonds. The molecule has 0 radical (unpaired) electrons. The minimum absolute atomic E-state index is 0.516. The Balaban J connectivity index is 2.63. The molecule has 1 aromatic carbocycles. The Morgan fingerprint density at radius 1 is 1.41 bits per heavy atom. The molecule has 0 aliphatic rings. The highest BCUT2D eigenvalue weighted by atomic mass is 79.9. The molecular formula is C13H20BrNO2. The number of halogens is 1. The second kappa shape index (κ2) is 6.38. The first-order chi connectivity index (χ1) is 7.92. The van der Waals surface area contributed by atoms with E-state index in [1.165, 1.54) is 0 Å². The molecule has 0 aromatic heterocycles. The third kappa shape index (κ3) is 5.52. The highest BCUT2D eigenvalue weighted by Gasteiger charge is 2.13. The summed E-state index contributed by atoms with van der Waals surface area (Å²) >= 11 is 3.44. The van der Waals surface area contributed by atoms with Crippen LogP contribution in [0.5, 0.6) is 5.75 Å². The van der Waals surface area contributed by atoms with Crippen molar-refractivity contribution >= 4 is 15.9 Å². The third-order valence-electron chi connectivity index (χ3n) is 2.36. The summed E-state index contributed by atoms with van der Waals surface area (Å²) in [4.78, 5) is 0. The summed E-state index contributed by atoms with van der Waals surface area (Å²) in [6.07, 6.45) is 0.613. The molecule has 0 fully saturated rings. The van der Waals surface area contributed by atoms with E-state index < -0.39 is 5.60 Å². The topological polar surface area (TPSA) is 41.5 Å². The van der Waals surface area contributed by atoms with Crippen molar-refractivity contribution in [2.24, 2.45) is 0 Å². The normalized spacial score (nSPS) is 11.6. The fourth-order valence-electron chi connectivity index (χ4n) is 1.43.